The first-order valence-electron chi connectivity index (χ1n) is 25.3. The Balaban J connectivity index is 1.20. The summed E-state index contributed by atoms with van der Waals surface area (Å²) in [6.45, 7) is 0. The fourth-order valence-electron chi connectivity index (χ4n) is 13.4. The molecule has 0 radical (unpaired) electrons. The number of aromatic nitrogens is 3. The lowest BCUT2D eigenvalue weighted by molar-refractivity contribution is -0.177. The van der Waals surface area contributed by atoms with E-state index in [1.807, 2.05) is 12.1 Å². The quantitative estimate of drug-likeness (QED) is 0.154. The minimum atomic E-state index is -5.21. The Morgan fingerprint density at radius 2 is 0.753 bits per heavy atom. The Kier molecular flexibility index (Phi) is 9.89. The van der Waals surface area contributed by atoms with Gasteiger partial charge in [0, 0.05) is 43.4 Å². The molecular formula is C62H33F12N3O4. The molecule has 0 bridgehead atoms. The second-order valence-electron chi connectivity index (χ2n) is 20.9. The molecule has 2 aliphatic heterocycles. The van der Waals surface area contributed by atoms with Gasteiger partial charge in [-0.25, -0.2) is 0 Å². The van der Waals surface area contributed by atoms with Gasteiger partial charge in [0.15, 0.2) is 11.5 Å². The molecule has 13 aromatic rings. The van der Waals surface area contributed by atoms with Crippen molar-refractivity contribution in [3.63, 3.8) is 0 Å². The van der Waals surface area contributed by atoms with Gasteiger partial charge in [0.05, 0.1) is 87.6 Å². The molecule has 0 fully saturated rings. The van der Waals surface area contributed by atoms with Gasteiger partial charge in [-0.3, -0.25) is 9.97 Å². The van der Waals surface area contributed by atoms with Gasteiger partial charge in [-0.1, -0.05) is 97.1 Å². The van der Waals surface area contributed by atoms with Crippen molar-refractivity contribution in [2.45, 2.75) is 61.2 Å². The van der Waals surface area contributed by atoms with Crippen LogP contribution in [0.3, 0.4) is 0 Å². The molecule has 0 N–H and O–H groups in total. The predicted molar refractivity (Wildman–Crippen MR) is 279 cm³/mol. The predicted octanol–water partition coefficient (Wildman–Crippen LogP) is 19.4. The number of halogens is 12. The minimum Gasteiger partial charge on any atom is -0.456 e. The van der Waals surface area contributed by atoms with Gasteiger partial charge in [-0.15, -0.1) is 0 Å². The number of benzene rings is 7. The zero-order valence-electron chi connectivity index (χ0n) is 41.3. The molecule has 0 spiro atoms. The Bertz CT molecular complexity index is 4490. The zero-order chi connectivity index (χ0) is 55.9. The lowest BCUT2D eigenvalue weighted by atomic mass is 9.69. The van der Waals surface area contributed by atoms with Crippen LogP contribution in [-0.2, 0) is 10.8 Å². The first kappa shape index (κ1) is 49.1. The van der Waals surface area contributed by atoms with Crippen LogP contribution in [-0.4, -0.2) is 39.1 Å². The van der Waals surface area contributed by atoms with E-state index in [1.54, 1.807) is 83.3 Å². The SMILES string of the molecule is FC(F)(F)CC1(CC(F)(F)F)c2ccccc2Oc2c1ncc1c2c2c(-c3cccc4oc5ccccc5c34)cc(-c3cccc4oc5ccccc5c34)c3c4c5c(ncc4n1c23)C(CC(F)(F)F)(CC(F)(F)F)c1ccccc1O5. The summed E-state index contributed by atoms with van der Waals surface area (Å²) in [5.41, 5.74) is -4.45. The van der Waals surface area contributed by atoms with Crippen LogP contribution in [0, 0.1) is 0 Å². The second kappa shape index (κ2) is 16.3. The minimum absolute atomic E-state index is 0.00377. The molecule has 0 saturated heterocycles. The average Bonchev–Trinajstić information content (AvgIpc) is 1.80. The van der Waals surface area contributed by atoms with Crippen molar-refractivity contribution in [3.8, 4) is 45.3 Å². The summed E-state index contributed by atoms with van der Waals surface area (Å²) in [4.78, 5) is 9.10. The van der Waals surface area contributed by atoms with Crippen molar-refractivity contribution in [1.82, 2.24) is 14.4 Å². The third-order valence-electron chi connectivity index (χ3n) is 16.1. The van der Waals surface area contributed by atoms with Crippen LogP contribution >= 0.6 is 0 Å². The third-order valence-corrected chi connectivity index (χ3v) is 16.1. The molecule has 19 heteroatoms. The van der Waals surface area contributed by atoms with Crippen LogP contribution in [0.25, 0.3) is 104 Å². The Hall–Kier alpha value is -9.00. The summed E-state index contributed by atoms with van der Waals surface area (Å²) < 4.78 is 210. The van der Waals surface area contributed by atoms with E-state index in [0.29, 0.717) is 66.1 Å². The molecule has 81 heavy (non-hydrogen) atoms. The number of alkyl halides is 12. The summed E-state index contributed by atoms with van der Waals surface area (Å²) in [6, 6.07) is 36.8. The Morgan fingerprint density at radius 3 is 1.16 bits per heavy atom. The standard InChI is InChI=1S/C62H33F12N3O4/c63-59(64,65)26-57(27-60(66,67)68)36-15-3-7-19-42(36)80-53-50-38(24-75-55(53)57)77-39-25-76-56-54(81-43-20-8-4-16-37(43)58(56,28-61(69,70)71)29-62(72,73)74)51(39)49-35(31-14-10-22-45-47(31)33-12-2-6-18-41(33)79-45)23-34(48(50)52(49)77)30-13-9-21-44-46(30)32-11-1-5-17-40(32)78-44/h1-25H,26-29H2. The molecule has 0 aliphatic carbocycles. The van der Waals surface area contributed by atoms with Gasteiger partial charge in [0.2, 0.25) is 0 Å². The lowest BCUT2D eigenvalue weighted by Crippen LogP contribution is -2.41. The number of pyridine rings is 2. The number of nitrogens with zero attached hydrogens (tertiary/aromatic N) is 3. The second-order valence-corrected chi connectivity index (χ2v) is 20.9. The monoisotopic (exact) mass is 1110 g/mol. The smallest absolute Gasteiger partial charge is 0.390 e. The molecule has 8 heterocycles. The molecular weight excluding hydrogens is 1080 g/mol. The molecule has 7 aromatic carbocycles. The highest BCUT2D eigenvalue weighted by atomic mass is 19.4. The van der Waals surface area contributed by atoms with Gasteiger partial charge in [-0.2, -0.15) is 52.7 Å². The highest BCUT2D eigenvalue weighted by molar-refractivity contribution is 6.34. The Morgan fingerprint density at radius 1 is 0.383 bits per heavy atom. The van der Waals surface area contributed by atoms with Gasteiger partial charge < -0.3 is 22.7 Å². The van der Waals surface area contributed by atoms with Crippen molar-refractivity contribution in [2.75, 3.05) is 0 Å². The third kappa shape index (κ3) is 7.18. The number of ether oxygens (including phenoxy) is 2. The average molecular weight is 1110 g/mol. The fourth-order valence-corrected chi connectivity index (χ4v) is 13.4. The van der Waals surface area contributed by atoms with E-state index in [4.69, 9.17) is 18.3 Å². The Labute approximate surface area is 446 Å². The molecule has 0 unspecified atom stereocenters. The molecule has 6 aromatic heterocycles. The van der Waals surface area contributed by atoms with Crippen molar-refractivity contribution < 1.29 is 71.0 Å². The number of fused-ring (bicyclic) bond motifs is 18. The first-order chi connectivity index (χ1) is 38.6. The number of rotatable bonds is 6. The van der Waals surface area contributed by atoms with E-state index in [9.17, 15) is 0 Å². The molecule has 15 rings (SSSR count). The summed E-state index contributed by atoms with van der Waals surface area (Å²) in [5.74, 6) is -1.49. The maximum Gasteiger partial charge on any atom is 0.390 e. The highest BCUT2D eigenvalue weighted by Crippen LogP contribution is 2.63. The molecule has 7 nitrogen and oxygen atoms in total. The maximum atomic E-state index is 15.2. The zero-order valence-corrected chi connectivity index (χ0v) is 41.3. The van der Waals surface area contributed by atoms with E-state index in [2.05, 4.69) is 9.97 Å². The number of hydrogen-bond acceptors (Lipinski definition) is 6. The van der Waals surface area contributed by atoms with E-state index >= 15 is 52.7 Å². The molecule has 0 amide bonds. The van der Waals surface area contributed by atoms with Crippen molar-refractivity contribution in [2.24, 2.45) is 0 Å². The molecule has 2 aliphatic rings. The van der Waals surface area contributed by atoms with Gasteiger partial charge in [0.1, 0.15) is 33.8 Å². The molecule has 0 saturated carbocycles. The van der Waals surface area contributed by atoms with E-state index in [-0.39, 0.29) is 49.6 Å². The lowest BCUT2D eigenvalue weighted by Gasteiger charge is -2.40. The largest absolute Gasteiger partial charge is 0.456 e. The summed E-state index contributed by atoms with van der Waals surface area (Å²) in [5, 5.41) is 2.69. The summed E-state index contributed by atoms with van der Waals surface area (Å²) >= 11 is 0. The van der Waals surface area contributed by atoms with Crippen molar-refractivity contribution in [1.29, 1.82) is 0 Å². The fraction of sp³-hybridized carbons (Fsp3) is 0.161. The highest BCUT2D eigenvalue weighted by Gasteiger charge is 2.58. The van der Waals surface area contributed by atoms with Crippen molar-refractivity contribution >= 4 is 82.0 Å². The molecule has 0 atom stereocenters. The van der Waals surface area contributed by atoms with Gasteiger partial charge >= 0.3 is 24.7 Å². The van der Waals surface area contributed by atoms with Crippen molar-refractivity contribution in [3.05, 3.63) is 174 Å². The first-order valence-corrected chi connectivity index (χ1v) is 25.3. The maximum absolute atomic E-state index is 15.2. The van der Waals surface area contributed by atoms with Crippen LogP contribution < -0.4 is 9.47 Å². The van der Waals surface area contributed by atoms with Crippen LogP contribution in [0.5, 0.6) is 23.0 Å². The number of hydrogen-bond donors (Lipinski definition) is 0. The van der Waals surface area contributed by atoms with Gasteiger partial charge in [-0.05, 0) is 64.7 Å². The molecule has 404 valence electrons. The number of para-hydroxylation sites is 4. The number of furan rings is 2. The van der Waals surface area contributed by atoms with E-state index < -0.39 is 95.2 Å². The van der Waals surface area contributed by atoms with Crippen LogP contribution in [0.2, 0.25) is 0 Å². The van der Waals surface area contributed by atoms with Gasteiger partial charge in [0.25, 0.3) is 0 Å². The normalized spacial score (nSPS) is 15.3. The van der Waals surface area contributed by atoms with Crippen LogP contribution in [0.4, 0.5) is 52.7 Å². The summed E-state index contributed by atoms with van der Waals surface area (Å²) in [6.07, 6.45) is -26.6. The van der Waals surface area contributed by atoms with Crippen LogP contribution in [0.1, 0.15) is 48.2 Å². The van der Waals surface area contributed by atoms with E-state index in [1.165, 1.54) is 36.4 Å². The van der Waals surface area contributed by atoms with Crippen LogP contribution in [0.15, 0.2) is 161 Å². The summed E-state index contributed by atoms with van der Waals surface area (Å²) in [7, 11) is 0. The van der Waals surface area contributed by atoms with E-state index in [0.717, 1.165) is 24.5 Å². The topological polar surface area (TPSA) is 74.9 Å².